The molecule has 10 heteroatoms. The van der Waals surface area contributed by atoms with Crippen molar-refractivity contribution in [2.45, 2.75) is 26.2 Å². The summed E-state index contributed by atoms with van der Waals surface area (Å²) >= 11 is 0. The zero-order valence-electron chi connectivity index (χ0n) is 25.3. The summed E-state index contributed by atoms with van der Waals surface area (Å²) < 4.78 is 6.03. The zero-order valence-corrected chi connectivity index (χ0v) is 25.3. The van der Waals surface area contributed by atoms with Gasteiger partial charge in [0, 0.05) is 17.9 Å². The van der Waals surface area contributed by atoms with Crippen molar-refractivity contribution in [3.05, 3.63) is 107 Å². The van der Waals surface area contributed by atoms with Gasteiger partial charge in [-0.25, -0.2) is 9.69 Å². The quantitative estimate of drug-likeness (QED) is 0.307. The number of nitrogens with zero attached hydrogens (tertiary/aromatic N) is 2. The summed E-state index contributed by atoms with van der Waals surface area (Å²) in [7, 11) is 0. The molecule has 2 N–H and O–H groups in total. The van der Waals surface area contributed by atoms with E-state index in [0.29, 0.717) is 17.9 Å². The van der Waals surface area contributed by atoms with Crippen LogP contribution in [0.25, 0.3) is 0 Å². The maximum Gasteiger partial charge on any atom is 0.335 e. The summed E-state index contributed by atoms with van der Waals surface area (Å²) in [4.78, 5) is 71.0. The van der Waals surface area contributed by atoms with E-state index in [1.165, 1.54) is 29.2 Å². The minimum atomic E-state index is -1.22. The van der Waals surface area contributed by atoms with Crippen LogP contribution in [0.3, 0.4) is 0 Å². The highest BCUT2D eigenvalue weighted by molar-refractivity contribution is 6.25. The molecule has 3 aromatic rings. The maximum atomic E-state index is 14.6. The highest BCUT2D eigenvalue weighted by atomic mass is 16.5. The molecule has 1 saturated carbocycles. The second kappa shape index (κ2) is 10.2. The van der Waals surface area contributed by atoms with Gasteiger partial charge in [-0.05, 0) is 79.8 Å². The number of rotatable bonds is 4. The lowest BCUT2D eigenvalue weighted by Crippen LogP contribution is -2.51. The molecule has 5 aliphatic rings. The van der Waals surface area contributed by atoms with Crippen molar-refractivity contribution < 1.29 is 38.9 Å². The third kappa shape index (κ3) is 4.06. The number of carboxylic acid groups (broad SMARTS) is 1. The van der Waals surface area contributed by atoms with Crippen LogP contribution in [0, 0.1) is 35.0 Å². The summed E-state index contributed by atoms with van der Waals surface area (Å²) in [5.41, 5.74) is 1.69. The molecule has 3 aliphatic heterocycles. The van der Waals surface area contributed by atoms with Gasteiger partial charge >= 0.3 is 5.97 Å². The lowest BCUT2D eigenvalue weighted by atomic mass is 9.51. The molecule has 4 amide bonds. The van der Waals surface area contributed by atoms with Crippen molar-refractivity contribution in [1.29, 1.82) is 0 Å². The lowest BCUT2D eigenvalue weighted by molar-refractivity contribution is -0.132. The molecule has 3 fully saturated rings. The second-order valence-corrected chi connectivity index (χ2v) is 13.1. The van der Waals surface area contributed by atoms with E-state index in [4.69, 9.17) is 4.74 Å². The number of para-hydroxylation sites is 1. The fourth-order valence-corrected chi connectivity index (χ4v) is 8.70. The van der Waals surface area contributed by atoms with Gasteiger partial charge in [0.05, 0.1) is 46.4 Å². The zero-order chi connectivity index (χ0) is 32.8. The van der Waals surface area contributed by atoms with Gasteiger partial charge < -0.3 is 14.9 Å². The summed E-state index contributed by atoms with van der Waals surface area (Å²) in [5, 5.41) is 19.8. The smallest absolute Gasteiger partial charge is 0.335 e. The van der Waals surface area contributed by atoms with Gasteiger partial charge in [0.2, 0.25) is 23.6 Å². The van der Waals surface area contributed by atoms with E-state index in [-0.39, 0.29) is 41.7 Å². The molecule has 0 aromatic heterocycles. The van der Waals surface area contributed by atoms with Gasteiger partial charge in [0.25, 0.3) is 0 Å². The Hall–Kier alpha value is -5.51. The number of benzene rings is 3. The number of aromatic hydroxyl groups is 1. The molecule has 47 heavy (non-hydrogen) atoms. The third-order valence-electron chi connectivity index (χ3n) is 10.8. The number of phenolic OH excluding ortho intramolecular Hbond substituents is 1. The van der Waals surface area contributed by atoms with Crippen LogP contribution in [0.15, 0.2) is 96.3 Å². The van der Waals surface area contributed by atoms with E-state index >= 15 is 0 Å². The summed E-state index contributed by atoms with van der Waals surface area (Å²) in [5.74, 6) is -5.50. The number of aromatic carboxylic acids is 1. The Morgan fingerprint density at radius 2 is 1.64 bits per heavy atom. The number of phenols is 1. The van der Waals surface area contributed by atoms with Crippen LogP contribution >= 0.6 is 0 Å². The Morgan fingerprint density at radius 1 is 0.872 bits per heavy atom. The molecule has 236 valence electrons. The highest BCUT2D eigenvalue weighted by Crippen LogP contribution is 2.63. The molecule has 0 spiro atoms. The molecule has 8 rings (SSSR count). The van der Waals surface area contributed by atoms with Gasteiger partial charge in [-0.1, -0.05) is 35.9 Å². The first-order valence-electron chi connectivity index (χ1n) is 15.6. The first-order valence-corrected chi connectivity index (χ1v) is 15.6. The number of allylic oxidation sites excluding steroid dienone is 3. The molecule has 10 nitrogen and oxygen atoms in total. The van der Waals surface area contributed by atoms with Crippen molar-refractivity contribution in [1.82, 2.24) is 0 Å². The van der Waals surface area contributed by atoms with Gasteiger partial charge in [-0.15, -0.1) is 0 Å². The topological polar surface area (TPSA) is 142 Å². The average Bonchev–Trinajstić information content (AvgIpc) is 3.44. The predicted molar refractivity (Wildman–Crippen MR) is 168 cm³/mol. The SMILES string of the molecule is CC12C(=O)N(c3ccccc3)C(=O)C1CC1C(=CCC3C(=O)N(c4cccc(C(=O)O)c4)C(=O)C31)C2C1=COc2ccc(O)cc2C1. The van der Waals surface area contributed by atoms with Crippen molar-refractivity contribution in [2.24, 2.45) is 35.0 Å². The number of hydrogen-bond acceptors (Lipinski definition) is 7. The van der Waals surface area contributed by atoms with Crippen LogP contribution in [-0.2, 0) is 25.6 Å². The third-order valence-corrected chi connectivity index (χ3v) is 10.8. The van der Waals surface area contributed by atoms with E-state index < -0.39 is 52.8 Å². The van der Waals surface area contributed by atoms with Crippen LogP contribution < -0.4 is 14.5 Å². The number of anilines is 2. The molecule has 6 unspecified atom stereocenters. The molecule has 2 aliphatic carbocycles. The van der Waals surface area contributed by atoms with Gasteiger partial charge in [0.1, 0.15) is 11.5 Å². The lowest BCUT2D eigenvalue weighted by Gasteiger charge is -2.49. The number of ether oxygens (including phenoxy) is 1. The molecule has 2 saturated heterocycles. The molecule has 0 radical (unpaired) electrons. The first-order chi connectivity index (χ1) is 22.6. The number of carbonyl (C=O) groups excluding carboxylic acids is 4. The first kappa shape index (κ1) is 28.9. The number of hydrogen-bond donors (Lipinski definition) is 2. The van der Waals surface area contributed by atoms with E-state index in [2.05, 4.69) is 0 Å². The normalized spacial score (nSPS) is 29.3. The predicted octanol–water partition coefficient (Wildman–Crippen LogP) is 4.88. The summed E-state index contributed by atoms with van der Waals surface area (Å²) in [6, 6.07) is 19.4. The van der Waals surface area contributed by atoms with E-state index in [1.54, 1.807) is 48.7 Å². The Labute approximate surface area is 269 Å². The highest BCUT2D eigenvalue weighted by Gasteiger charge is 2.68. The van der Waals surface area contributed by atoms with Crippen molar-refractivity contribution >= 4 is 41.0 Å². The Kier molecular flexibility index (Phi) is 6.31. The maximum absolute atomic E-state index is 14.6. The Morgan fingerprint density at radius 3 is 2.40 bits per heavy atom. The Balaban J connectivity index is 1.24. The number of carbonyl (C=O) groups is 5. The minimum Gasteiger partial charge on any atom is -0.508 e. The van der Waals surface area contributed by atoms with Gasteiger partial charge in [-0.2, -0.15) is 0 Å². The Bertz CT molecular complexity index is 1980. The molecular weight excluding hydrogens is 600 g/mol. The van der Waals surface area contributed by atoms with Gasteiger partial charge in [-0.3, -0.25) is 24.1 Å². The fourth-order valence-electron chi connectivity index (χ4n) is 8.70. The van der Waals surface area contributed by atoms with Gasteiger partial charge in [0.15, 0.2) is 0 Å². The summed E-state index contributed by atoms with van der Waals surface area (Å²) in [6.45, 7) is 1.82. The fraction of sp³-hybridized carbons (Fsp3) is 0.270. The number of imide groups is 2. The number of carboxylic acids is 1. The van der Waals surface area contributed by atoms with E-state index in [1.807, 2.05) is 19.1 Å². The van der Waals surface area contributed by atoms with Crippen molar-refractivity contribution in [3.8, 4) is 11.5 Å². The molecule has 0 bridgehead atoms. The molecule has 3 aromatic carbocycles. The molecular formula is C37H30N2O8. The monoisotopic (exact) mass is 630 g/mol. The van der Waals surface area contributed by atoms with E-state index in [0.717, 1.165) is 21.6 Å². The van der Waals surface area contributed by atoms with E-state index in [9.17, 15) is 34.2 Å². The van der Waals surface area contributed by atoms with Crippen LogP contribution in [0.1, 0.15) is 35.7 Å². The van der Waals surface area contributed by atoms with Crippen LogP contribution in [0.5, 0.6) is 11.5 Å². The largest absolute Gasteiger partial charge is 0.508 e. The summed E-state index contributed by atoms with van der Waals surface area (Å²) in [6.07, 6.45) is 4.38. The second-order valence-electron chi connectivity index (χ2n) is 13.1. The molecule has 6 atom stereocenters. The standard InChI is InChI=1S/C37H30N2O8/c1-37-28(33(42)39(36(37)46)22-7-3-2-4-8-22)17-27-25(31(37)21-14-20-16-24(40)10-13-29(20)47-18-21)11-12-26-30(27)34(43)38(32(26)41)23-9-5-6-19(15-23)35(44)45/h2-11,13,15-16,18,26-28,30-31,40H,12,14,17H2,1H3,(H,44,45). The number of fused-ring (bicyclic) bond motifs is 5. The van der Waals surface area contributed by atoms with Crippen molar-refractivity contribution in [2.75, 3.05) is 9.80 Å². The van der Waals surface area contributed by atoms with Crippen molar-refractivity contribution in [3.63, 3.8) is 0 Å². The molecule has 3 heterocycles. The average molecular weight is 631 g/mol. The van der Waals surface area contributed by atoms with Crippen LogP contribution in [-0.4, -0.2) is 39.8 Å². The van der Waals surface area contributed by atoms with Crippen LogP contribution in [0.4, 0.5) is 11.4 Å². The van der Waals surface area contributed by atoms with Crippen LogP contribution in [0.2, 0.25) is 0 Å². The minimum absolute atomic E-state index is 0.0445. The number of amides is 4.